The van der Waals surface area contributed by atoms with E-state index in [1.807, 2.05) is 18.2 Å². The number of rotatable bonds is 5. The molecule has 21 heavy (non-hydrogen) atoms. The van der Waals surface area contributed by atoms with Crippen molar-refractivity contribution in [3.63, 3.8) is 0 Å². The fourth-order valence-electron chi connectivity index (χ4n) is 2.52. The zero-order valence-electron chi connectivity index (χ0n) is 11.8. The summed E-state index contributed by atoms with van der Waals surface area (Å²) in [5, 5.41) is 3.16. The van der Waals surface area contributed by atoms with Gasteiger partial charge in [0.15, 0.2) is 12.2 Å². The van der Waals surface area contributed by atoms with Gasteiger partial charge in [-0.15, -0.1) is 0 Å². The molecule has 0 amide bonds. The molecular formula is C16H17NO4. The highest BCUT2D eigenvalue weighted by Crippen LogP contribution is 2.41. The first-order valence-electron chi connectivity index (χ1n) is 7.09. The van der Waals surface area contributed by atoms with E-state index in [1.54, 1.807) is 6.92 Å². The average Bonchev–Trinajstić information content (AvgIpc) is 3.16. The van der Waals surface area contributed by atoms with Gasteiger partial charge in [-0.1, -0.05) is 30.3 Å². The number of carbonyl (C=O) groups is 2. The van der Waals surface area contributed by atoms with Gasteiger partial charge in [-0.05, 0) is 18.9 Å². The molecule has 1 aromatic carbocycles. The molecule has 3 rings (SSSR count). The fourth-order valence-corrected chi connectivity index (χ4v) is 2.52. The third-order valence-electron chi connectivity index (χ3n) is 3.67. The number of ketones is 1. The maximum atomic E-state index is 11.8. The smallest absolute Gasteiger partial charge is 0.347 e. The van der Waals surface area contributed by atoms with Crippen molar-refractivity contribution in [2.75, 3.05) is 13.2 Å². The average molecular weight is 287 g/mol. The van der Waals surface area contributed by atoms with Crippen LogP contribution in [0.5, 0.6) is 0 Å². The van der Waals surface area contributed by atoms with E-state index in [1.165, 1.54) is 5.56 Å². The van der Waals surface area contributed by atoms with Crippen molar-refractivity contribution in [1.82, 2.24) is 5.32 Å². The molecule has 1 saturated carbocycles. The molecule has 0 radical (unpaired) electrons. The van der Waals surface area contributed by atoms with Crippen LogP contribution in [0.4, 0.5) is 0 Å². The molecule has 1 N–H and O–H groups in total. The number of carbonyl (C=O) groups excluding carboxylic acids is 2. The minimum absolute atomic E-state index is 0.00978. The minimum atomic E-state index is -0.612. The monoisotopic (exact) mass is 287 g/mol. The molecule has 0 aromatic heterocycles. The lowest BCUT2D eigenvalue weighted by molar-refractivity contribution is -0.139. The Morgan fingerprint density at radius 1 is 1.38 bits per heavy atom. The number of ether oxygens (including phenoxy) is 2. The Morgan fingerprint density at radius 3 is 2.86 bits per heavy atom. The number of Topliss-reactive ketones (excluding diaryl/α,β-unsaturated/α-hetero) is 1. The molecular weight excluding hydrogens is 270 g/mol. The molecule has 5 heteroatoms. The van der Waals surface area contributed by atoms with Crippen LogP contribution in [0.1, 0.15) is 24.8 Å². The third kappa shape index (κ3) is 2.77. The Morgan fingerprint density at radius 2 is 2.14 bits per heavy atom. The normalized spacial score (nSPS) is 23.8. The first kappa shape index (κ1) is 13.7. The predicted molar refractivity (Wildman–Crippen MR) is 75.3 cm³/mol. The lowest BCUT2D eigenvalue weighted by Gasteiger charge is -2.08. The Labute approximate surface area is 122 Å². The van der Waals surface area contributed by atoms with Crippen LogP contribution in [-0.2, 0) is 19.1 Å². The number of nitrogens with one attached hydrogen (secondary N) is 1. The zero-order valence-corrected chi connectivity index (χ0v) is 11.8. The number of hydrogen-bond acceptors (Lipinski definition) is 5. The molecule has 0 saturated heterocycles. The summed E-state index contributed by atoms with van der Waals surface area (Å²) in [6.45, 7) is 1.84. The summed E-state index contributed by atoms with van der Waals surface area (Å²) >= 11 is 0. The molecule has 1 unspecified atom stereocenters. The summed E-state index contributed by atoms with van der Waals surface area (Å²) in [5.41, 5.74) is 1.26. The van der Waals surface area contributed by atoms with Gasteiger partial charge in [0.25, 0.3) is 0 Å². The molecule has 0 spiro atoms. The molecule has 5 nitrogen and oxygen atoms in total. The van der Waals surface area contributed by atoms with Crippen molar-refractivity contribution in [3.8, 4) is 0 Å². The second-order valence-electron chi connectivity index (χ2n) is 5.14. The van der Waals surface area contributed by atoms with E-state index >= 15 is 0 Å². The second kappa shape index (κ2) is 5.60. The quantitative estimate of drug-likeness (QED) is 0.657. The van der Waals surface area contributed by atoms with Crippen molar-refractivity contribution in [1.29, 1.82) is 0 Å². The standard InChI is InChI=1S/C16H17NO4/c1-2-20-16(19)14-13(18)9-21-15(14)17-12-8-11(12)10-6-4-3-5-7-10/h3-7,11-12,17H,2,8-9H2,1H3/t11-,12?/m1/s1. The molecule has 110 valence electrons. The summed E-state index contributed by atoms with van der Waals surface area (Å²) in [4.78, 5) is 23.5. The number of esters is 1. The fraction of sp³-hybridized carbons (Fsp3) is 0.375. The van der Waals surface area contributed by atoms with Crippen molar-refractivity contribution in [2.24, 2.45) is 0 Å². The van der Waals surface area contributed by atoms with Crippen LogP contribution in [-0.4, -0.2) is 31.0 Å². The maximum Gasteiger partial charge on any atom is 0.347 e. The summed E-state index contributed by atoms with van der Waals surface area (Å²) in [6.07, 6.45) is 0.959. The van der Waals surface area contributed by atoms with Gasteiger partial charge in [-0.25, -0.2) is 4.79 Å². The van der Waals surface area contributed by atoms with E-state index < -0.39 is 5.97 Å². The van der Waals surface area contributed by atoms with Crippen LogP contribution in [0, 0.1) is 0 Å². The lowest BCUT2D eigenvalue weighted by atomic mass is 10.1. The summed E-state index contributed by atoms with van der Waals surface area (Å²) in [5.74, 6) is -0.282. The Balaban J connectivity index is 1.70. The molecule has 1 fully saturated rings. The number of benzene rings is 1. The highest BCUT2D eigenvalue weighted by Gasteiger charge is 2.42. The van der Waals surface area contributed by atoms with E-state index in [0.717, 1.165) is 6.42 Å². The maximum absolute atomic E-state index is 11.8. The van der Waals surface area contributed by atoms with E-state index in [9.17, 15) is 9.59 Å². The second-order valence-corrected chi connectivity index (χ2v) is 5.14. The number of hydrogen-bond donors (Lipinski definition) is 1. The van der Waals surface area contributed by atoms with Crippen molar-refractivity contribution >= 4 is 11.8 Å². The summed E-state index contributed by atoms with van der Waals surface area (Å²) in [7, 11) is 0. The first-order valence-corrected chi connectivity index (χ1v) is 7.09. The van der Waals surface area contributed by atoms with Gasteiger partial charge in [0.2, 0.25) is 11.7 Å². The van der Waals surface area contributed by atoms with Gasteiger partial charge in [0.1, 0.15) is 0 Å². The van der Waals surface area contributed by atoms with Crippen LogP contribution in [0.2, 0.25) is 0 Å². The Bertz CT molecular complexity index is 594. The molecule has 2 atom stereocenters. The Hall–Kier alpha value is -2.30. The van der Waals surface area contributed by atoms with Crippen LogP contribution in [0.3, 0.4) is 0 Å². The third-order valence-corrected chi connectivity index (χ3v) is 3.67. The molecule has 1 aromatic rings. The highest BCUT2D eigenvalue weighted by atomic mass is 16.5. The van der Waals surface area contributed by atoms with Gasteiger partial charge in [0.05, 0.1) is 6.61 Å². The summed E-state index contributed by atoms with van der Waals surface area (Å²) in [6, 6.07) is 10.3. The van der Waals surface area contributed by atoms with E-state index in [2.05, 4.69) is 17.4 Å². The Kier molecular flexibility index (Phi) is 3.64. The van der Waals surface area contributed by atoms with Gasteiger partial charge in [0, 0.05) is 12.0 Å². The van der Waals surface area contributed by atoms with Crippen LogP contribution < -0.4 is 5.32 Å². The highest BCUT2D eigenvalue weighted by molar-refractivity contribution is 6.19. The molecule has 2 aliphatic rings. The van der Waals surface area contributed by atoms with Gasteiger partial charge in [-0.3, -0.25) is 4.79 Å². The molecule has 0 bridgehead atoms. The van der Waals surface area contributed by atoms with Crippen molar-refractivity contribution in [3.05, 3.63) is 47.4 Å². The van der Waals surface area contributed by atoms with Crippen molar-refractivity contribution in [2.45, 2.75) is 25.3 Å². The first-order chi connectivity index (χ1) is 10.2. The minimum Gasteiger partial charge on any atom is -0.470 e. The van der Waals surface area contributed by atoms with E-state index in [4.69, 9.17) is 9.47 Å². The van der Waals surface area contributed by atoms with E-state index in [-0.39, 0.29) is 36.5 Å². The largest absolute Gasteiger partial charge is 0.470 e. The van der Waals surface area contributed by atoms with E-state index in [0.29, 0.717) is 5.92 Å². The van der Waals surface area contributed by atoms with Crippen LogP contribution in [0.25, 0.3) is 0 Å². The zero-order chi connectivity index (χ0) is 14.8. The van der Waals surface area contributed by atoms with Gasteiger partial charge >= 0.3 is 5.97 Å². The predicted octanol–water partition coefficient (Wildman–Crippen LogP) is 1.51. The topological polar surface area (TPSA) is 64.6 Å². The molecule has 1 heterocycles. The summed E-state index contributed by atoms with van der Waals surface area (Å²) < 4.78 is 10.2. The molecule has 1 aliphatic carbocycles. The lowest BCUT2D eigenvalue weighted by Crippen LogP contribution is -2.22. The van der Waals surface area contributed by atoms with Gasteiger partial charge < -0.3 is 14.8 Å². The molecule has 1 aliphatic heterocycles. The van der Waals surface area contributed by atoms with Crippen LogP contribution >= 0.6 is 0 Å². The van der Waals surface area contributed by atoms with Gasteiger partial charge in [-0.2, -0.15) is 0 Å². The van der Waals surface area contributed by atoms with Crippen LogP contribution in [0.15, 0.2) is 41.8 Å². The SMILES string of the molecule is CCOC(=O)C1=C(NC2C[C@@H]2c2ccccc2)OCC1=O. The van der Waals surface area contributed by atoms with Crippen molar-refractivity contribution < 1.29 is 19.1 Å².